The molecule has 0 aliphatic heterocycles. The van der Waals surface area contributed by atoms with Gasteiger partial charge in [-0.2, -0.15) is 0 Å². The van der Waals surface area contributed by atoms with E-state index in [1.54, 1.807) is 6.07 Å². The van der Waals surface area contributed by atoms with E-state index in [9.17, 15) is 14.0 Å². The molecule has 114 valence electrons. The Hall–Kier alpha value is -1.82. The molecule has 22 heavy (non-hydrogen) atoms. The van der Waals surface area contributed by atoms with E-state index in [2.05, 4.69) is 10.6 Å². The van der Waals surface area contributed by atoms with E-state index in [4.69, 9.17) is 34.8 Å². The number of carbonyl (C=O) groups excluding carboxylic acids is 2. The molecule has 4 nitrogen and oxygen atoms in total. The number of nitrogens with one attached hydrogen (secondary N) is 2. The first-order chi connectivity index (χ1) is 10.4. The van der Waals surface area contributed by atoms with Gasteiger partial charge in [0.15, 0.2) is 0 Å². The van der Waals surface area contributed by atoms with Crippen LogP contribution in [-0.4, -0.2) is 11.8 Å². The molecule has 0 spiro atoms. The fourth-order valence-corrected chi connectivity index (χ4v) is 2.05. The third-order valence-corrected chi connectivity index (χ3v) is 3.41. The van der Waals surface area contributed by atoms with Gasteiger partial charge in [-0.05, 0) is 36.4 Å². The molecule has 0 unspecified atom stereocenters. The van der Waals surface area contributed by atoms with E-state index in [1.165, 1.54) is 24.3 Å². The molecule has 2 aromatic rings. The molecule has 0 heterocycles. The van der Waals surface area contributed by atoms with Crippen LogP contribution in [0.25, 0.3) is 0 Å². The van der Waals surface area contributed by atoms with Crippen molar-refractivity contribution in [3.63, 3.8) is 0 Å². The summed E-state index contributed by atoms with van der Waals surface area (Å²) in [4.78, 5) is 23.6. The van der Waals surface area contributed by atoms with Crippen LogP contribution in [0.2, 0.25) is 15.1 Å². The second-order valence-corrected chi connectivity index (χ2v) is 5.41. The second-order valence-electron chi connectivity index (χ2n) is 4.16. The average molecular weight is 362 g/mol. The van der Waals surface area contributed by atoms with E-state index >= 15 is 0 Å². The summed E-state index contributed by atoms with van der Waals surface area (Å²) in [5.41, 5.74) is 0.384. The largest absolute Gasteiger partial charge is 0.318 e. The molecule has 0 aliphatic carbocycles. The van der Waals surface area contributed by atoms with Crippen molar-refractivity contribution in [1.29, 1.82) is 0 Å². The lowest BCUT2D eigenvalue weighted by molar-refractivity contribution is -0.132. The van der Waals surface area contributed by atoms with Gasteiger partial charge in [-0.25, -0.2) is 4.39 Å². The molecule has 0 saturated heterocycles. The van der Waals surface area contributed by atoms with Crippen molar-refractivity contribution < 1.29 is 14.0 Å². The summed E-state index contributed by atoms with van der Waals surface area (Å²) in [7, 11) is 0. The quantitative estimate of drug-likeness (QED) is 0.781. The Kier molecular flexibility index (Phi) is 5.24. The molecule has 2 aromatic carbocycles. The highest BCUT2D eigenvalue weighted by Crippen LogP contribution is 2.25. The zero-order valence-corrected chi connectivity index (χ0v) is 13.1. The molecule has 0 aromatic heterocycles. The minimum Gasteiger partial charge on any atom is -0.318 e. The van der Waals surface area contributed by atoms with Crippen molar-refractivity contribution in [1.82, 2.24) is 0 Å². The zero-order chi connectivity index (χ0) is 16.3. The Morgan fingerprint density at radius 2 is 1.55 bits per heavy atom. The lowest BCUT2D eigenvalue weighted by Gasteiger charge is -2.08. The molecule has 0 saturated carbocycles. The van der Waals surface area contributed by atoms with Crippen LogP contribution in [0, 0.1) is 5.82 Å². The number of hydrogen-bond acceptors (Lipinski definition) is 2. The Morgan fingerprint density at radius 1 is 0.864 bits per heavy atom. The Balaban J connectivity index is 2.07. The van der Waals surface area contributed by atoms with Gasteiger partial charge in [0, 0.05) is 10.7 Å². The van der Waals surface area contributed by atoms with Gasteiger partial charge in [0.25, 0.3) is 0 Å². The highest BCUT2D eigenvalue weighted by atomic mass is 35.5. The molecule has 0 radical (unpaired) electrons. The van der Waals surface area contributed by atoms with Crippen molar-refractivity contribution in [2.75, 3.05) is 10.6 Å². The Morgan fingerprint density at radius 3 is 2.23 bits per heavy atom. The van der Waals surface area contributed by atoms with Gasteiger partial charge in [0.1, 0.15) is 5.82 Å². The lowest BCUT2D eigenvalue weighted by Crippen LogP contribution is -2.29. The Bertz CT molecular complexity index is 753. The minimum atomic E-state index is -0.960. The summed E-state index contributed by atoms with van der Waals surface area (Å²) in [6.07, 6.45) is 0. The van der Waals surface area contributed by atoms with E-state index in [1.807, 2.05) is 0 Å². The maximum absolute atomic E-state index is 13.0. The van der Waals surface area contributed by atoms with Crippen molar-refractivity contribution >= 4 is 58.0 Å². The summed E-state index contributed by atoms with van der Waals surface area (Å²) < 4.78 is 13.0. The predicted octanol–water partition coefficient (Wildman–Crippen LogP) is 4.36. The fourth-order valence-electron chi connectivity index (χ4n) is 1.53. The normalized spacial score (nSPS) is 10.2. The molecule has 8 heteroatoms. The van der Waals surface area contributed by atoms with Crippen LogP contribution in [0.5, 0.6) is 0 Å². The van der Waals surface area contributed by atoms with Crippen LogP contribution >= 0.6 is 34.8 Å². The molecule has 2 N–H and O–H groups in total. The van der Waals surface area contributed by atoms with Gasteiger partial charge in [-0.15, -0.1) is 0 Å². The topological polar surface area (TPSA) is 58.2 Å². The number of carbonyl (C=O) groups is 2. The first kappa shape index (κ1) is 16.5. The highest BCUT2D eigenvalue weighted by molar-refractivity contribution is 6.45. The third-order valence-electron chi connectivity index (χ3n) is 2.56. The van der Waals surface area contributed by atoms with Crippen LogP contribution in [0.3, 0.4) is 0 Å². The van der Waals surface area contributed by atoms with Crippen molar-refractivity contribution in [2.24, 2.45) is 0 Å². The number of rotatable bonds is 2. The first-order valence-electron chi connectivity index (χ1n) is 5.89. The number of hydrogen-bond donors (Lipinski definition) is 2. The monoisotopic (exact) mass is 360 g/mol. The summed E-state index contributed by atoms with van der Waals surface area (Å²) >= 11 is 17.2. The fraction of sp³-hybridized carbons (Fsp3) is 0. The summed E-state index contributed by atoms with van der Waals surface area (Å²) in [6, 6.07) is 7.97. The molecule has 2 amide bonds. The molecule has 0 fully saturated rings. The minimum absolute atomic E-state index is 0.170. The summed E-state index contributed by atoms with van der Waals surface area (Å²) in [6.45, 7) is 0. The average Bonchev–Trinajstić information content (AvgIpc) is 2.46. The molecular weight excluding hydrogens is 354 g/mol. The number of halogens is 4. The van der Waals surface area contributed by atoms with Crippen molar-refractivity contribution in [3.8, 4) is 0 Å². The van der Waals surface area contributed by atoms with Crippen LogP contribution in [-0.2, 0) is 9.59 Å². The number of anilines is 2. The SMILES string of the molecule is O=C(Nc1ccc(F)c(Cl)c1)C(=O)Nc1cc(Cl)ccc1Cl. The van der Waals surface area contributed by atoms with E-state index in [0.717, 1.165) is 6.07 Å². The van der Waals surface area contributed by atoms with Gasteiger partial charge < -0.3 is 10.6 Å². The van der Waals surface area contributed by atoms with Gasteiger partial charge in [0.05, 0.1) is 15.7 Å². The maximum Gasteiger partial charge on any atom is 0.314 e. The van der Waals surface area contributed by atoms with E-state index < -0.39 is 17.6 Å². The highest BCUT2D eigenvalue weighted by Gasteiger charge is 2.16. The Labute approximate surface area is 140 Å². The van der Waals surface area contributed by atoms with E-state index in [0.29, 0.717) is 5.02 Å². The van der Waals surface area contributed by atoms with Gasteiger partial charge in [-0.3, -0.25) is 9.59 Å². The van der Waals surface area contributed by atoms with E-state index in [-0.39, 0.29) is 21.4 Å². The predicted molar refractivity (Wildman–Crippen MR) is 85.1 cm³/mol. The molecular formula is C14H8Cl3FN2O2. The summed E-state index contributed by atoms with van der Waals surface area (Å²) in [5.74, 6) is -2.54. The third kappa shape index (κ3) is 4.10. The van der Waals surface area contributed by atoms with Crippen molar-refractivity contribution in [3.05, 3.63) is 57.3 Å². The smallest absolute Gasteiger partial charge is 0.314 e. The standard InChI is InChI=1S/C14H8Cl3FN2O2/c15-7-1-3-9(16)12(5-7)20-14(22)13(21)19-8-2-4-11(18)10(17)6-8/h1-6H,(H,19,21)(H,20,22). The zero-order valence-electron chi connectivity index (χ0n) is 10.8. The lowest BCUT2D eigenvalue weighted by atomic mass is 10.3. The molecule has 0 atom stereocenters. The van der Waals surface area contributed by atoms with Crippen LogP contribution < -0.4 is 10.6 Å². The van der Waals surface area contributed by atoms with Crippen LogP contribution in [0.1, 0.15) is 0 Å². The van der Waals surface area contributed by atoms with Crippen LogP contribution in [0.15, 0.2) is 36.4 Å². The molecule has 2 rings (SSSR count). The number of amides is 2. The van der Waals surface area contributed by atoms with Crippen molar-refractivity contribution in [2.45, 2.75) is 0 Å². The second kappa shape index (κ2) is 6.96. The first-order valence-corrected chi connectivity index (χ1v) is 7.02. The molecule has 0 bridgehead atoms. The number of benzene rings is 2. The summed E-state index contributed by atoms with van der Waals surface area (Å²) in [5, 5.41) is 5.02. The van der Waals surface area contributed by atoms with Crippen LogP contribution in [0.4, 0.5) is 15.8 Å². The molecule has 0 aliphatic rings. The van der Waals surface area contributed by atoms with Gasteiger partial charge >= 0.3 is 11.8 Å². The van der Waals surface area contributed by atoms with Gasteiger partial charge in [-0.1, -0.05) is 34.8 Å². The van der Waals surface area contributed by atoms with Gasteiger partial charge in [0.2, 0.25) is 0 Å². The maximum atomic E-state index is 13.0.